The quantitative estimate of drug-likeness (QED) is 0.877. The molecule has 1 aromatic carbocycles. The van der Waals surface area contributed by atoms with Gasteiger partial charge in [0.1, 0.15) is 5.82 Å². The molecule has 6 nitrogen and oxygen atoms in total. The van der Waals surface area contributed by atoms with Gasteiger partial charge >= 0.3 is 0 Å². The zero-order valence-corrected chi connectivity index (χ0v) is 14.2. The molecule has 3 rings (SSSR count). The average molecular weight is 328 g/mol. The average Bonchev–Trinajstić information content (AvgIpc) is 3.14. The highest BCUT2D eigenvalue weighted by molar-refractivity contribution is 5.91. The summed E-state index contributed by atoms with van der Waals surface area (Å²) >= 11 is 0. The van der Waals surface area contributed by atoms with Crippen molar-refractivity contribution in [1.82, 2.24) is 14.7 Å². The van der Waals surface area contributed by atoms with Crippen LogP contribution in [-0.2, 0) is 4.79 Å². The molecule has 24 heavy (non-hydrogen) atoms. The first kappa shape index (κ1) is 16.7. The van der Waals surface area contributed by atoms with Crippen LogP contribution in [0, 0.1) is 19.8 Å². The van der Waals surface area contributed by atoms with E-state index in [0.29, 0.717) is 12.4 Å². The Morgan fingerprint density at radius 1 is 1.33 bits per heavy atom. The van der Waals surface area contributed by atoms with Crippen LogP contribution in [0.15, 0.2) is 30.3 Å². The van der Waals surface area contributed by atoms with Crippen LogP contribution >= 0.6 is 0 Å². The number of anilines is 1. The van der Waals surface area contributed by atoms with E-state index in [-0.39, 0.29) is 18.4 Å². The normalized spacial score (nSPS) is 18.0. The summed E-state index contributed by atoms with van der Waals surface area (Å²) in [5.41, 5.74) is 2.96. The van der Waals surface area contributed by atoms with Gasteiger partial charge < -0.3 is 10.4 Å². The number of rotatable bonds is 5. The molecule has 1 atom stereocenters. The lowest BCUT2D eigenvalue weighted by molar-refractivity contribution is -0.117. The second-order valence-electron chi connectivity index (χ2n) is 6.54. The Morgan fingerprint density at radius 2 is 2.08 bits per heavy atom. The number of hydrogen-bond acceptors (Lipinski definition) is 4. The third kappa shape index (κ3) is 3.83. The summed E-state index contributed by atoms with van der Waals surface area (Å²) in [5.74, 6) is 0.916. The van der Waals surface area contributed by atoms with E-state index in [9.17, 15) is 9.90 Å². The van der Waals surface area contributed by atoms with Crippen molar-refractivity contribution in [2.24, 2.45) is 5.92 Å². The number of carbonyl (C=O) groups excluding carboxylic acids is 1. The van der Waals surface area contributed by atoms with E-state index < -0.39 is 0 Å². The maximum atomic E-state index is 12.4. The molecule has 2 heterocycles. The molecular formula is C18H24N4O2. The number of aromatic nitrogens is 2. The van der Waals surface area contributed by atoms with Gasteiger partial charge in [-0.05, 0) is 44.9 Å². The van der Waals surface area contributed by atoms with Crippen molar-refractivity contribution in [1.29, 1.82) is 0 Å². The van der Waals surface area contributed by atoms with E-state index in [1.165, 1.54) is 5.56 Å². The summed E-state index contributed by atoms with van der Waals surface area (Å²) in [6.07, 6.45) is 0.949. The highest BCUT2D eigenvalue weighted by atomic mass is 16.3. The zero-order chi connectivity index (χ0) is 17.1. The number of nitrogens with one attached hydrogen (secondary N) is 1. The summed E-state index contributed by atoms with van der Waals surface area (Å²) in [7, 11) is 0. The van der Waals surface area contributed by atoms with E-state index >= 15 is 0 Å². The molecule has 1 unspecified atom stereocenters. The molecule has 1 aliphatic rings. The Morgan fingerprint density at radius 3 is 2.75 bits per heavy atom. The lowest BCUT2D eigenvalue weighted by Gasteiger charge is -2.15. The maximum absolute atomic E-state index is 12.4. The third-order valence-electron chi connectivity index (χ3n) is 4.37. The van der Waals surface area contributed by atoms with Gasteiger partial charge in [-0.25, -0.2) is 4.68 Å². The number of aliphatic hydroxyl groups excluding tert-OH is 1. The van der Waals surface area contributed by atoms with Crippen LogP contribution in [0.4, 0.5) is 5.82 Å². The topological polar surface area (TPSA) is 70.4 Å². The number of benzene rings is 1. The zero-order valence-electron chi connectivity index (χ0n) is 14.2. The molecule has 0 aliphatic carbocycles. The van der Waals surface area contributed by atoms with Crippen molar-refractivity contribution >= 4 is 11.7 Å². The fourth-order valence-electron chi connectivity index (χ4n) is 3.06. The molecule has 1 aromatic heterocycles. The summed E-state index contributed by atoms with van der Waals surface area (Å²) in [6.45, 7) is 6.12. The summed E-state index contributed by atoms with van der Waals surface area (Å²) in [5, 5.41) is 16.6. The Labute approximate surface area is 142 Å². The van der Waals surface area contributed by atoms with Gasteiger partial charge in [0.15, 0.2) is 0 Å². The molecule has 1 saturated heterocycles. The summed E-state index contributed by atoms with van der Waals surface area (Å²) < 4.78 is 1.76. The Bertz CT molecular complexity index is 708. The fourth-order valence-corrected chi connectivity index (χ4v) is 3.06. The molecule has 1 fully saturated rings. The number of carbonyl (C=O) groups is 1. The standard InChI is InChI=1S/C18H24N4O2/c1-13-3-5-16(6-4-13)22-17(9-14(2)20-22)19-18(24)11-21-8-7-15(10-21)12-23/h3-6,9,15,23H,7-8,10-12H2,1-2H3,(H,19,24). The van der Waals surface area contributed by atoms with E-state index in [4.69, 9.17) is 0 Å². The number of hydrogen-bond donors (Lipinski definition) is 2. The smallest absolute Gasteiger partial charge is 0.239 e. The highest BCUT2D eigenvalue weighted by Gasteiger charge is 2.23. The first-order valence-electron chi connectivity index (χ1n) is 8.32. The SMILES string of the molecule is Cc1ccc(-n2nc(C)cc2NC(=O)CN2CCC(CO)C2)cc1. The van der Waals surface area contributed by atoms with E-state index in [0.717, 1.165) is 30.9 Å². The van der Waals surface area contributed by atoms with E-state index in [1.807, 2.05) is 44.2 Å². The largest absolute Gasteiger partial charge is 0.396 e. The van der Waals surface area contributed by atoms with Gasteiger partial charge in [0, 0.05) is 19.2 Å². The minimum atomic E-state index is -0.0538. The summed E-state index contributed by atoms with van der Waals surface area (Å²) in [6, 6.07) is 9.90. The monoisotopic (exact) mass is 328 g/mol. The molecule has 1 amide bonds. The van der Waals surface area contributed by atoms with Gasteiger partial charge in [-0.1, -0.05) is 17.7 Å². The summed E-state index contributed by atoms with van der Waals surface area (Å²) in [4.78, 5) is 14.4. The fraction of sp³-hybridized carbons (Fsp3) is 0.444. The number of aryl methyl sites for hydroxylation is 2. The van der Waals surface area contributed by atoms with E-state index in [2.05, 4.69) is 15.3 Å². The molecule has 0 radical (unpaired) electrons. The van der Waals surface area contributed by atoms with Gasteiger partial charge in [-0.3, -0.25) is 9.69 Å². The van der Waals surface area contributed by atoms with Crippen molar-refractivity contribution in [3.05, 3.63) is 41.6 Å². The second kappa shape index (κ2) is 7.15. The second-order valence-corrected chi connectivity index (χ2v) is 6.54. The van der Waals surface area contributed by atoms with Gasteiger partial charge in [-0.15, -0.1) is 0 Å². The van der Waals surface area contributed by atoms with Gasteiger partial charge in [0.05, 0.1) is 17.9 Å². The number of aliphatic hydroxyl groups is 1. The van der Waals surface area contributed by atoms with Crippen LogP contribution in [0.25, 0.3) is 5.69 Å². The number of amides is 1. The maximum Gasteiger partial charge on any atom is 0.239 e. The molecule has 0 saturated carbocycles. The van der Waals surface area contributed by atoms with Crippen LogP contribution in [-0.4, -0.2) is 51.9 Å². The van der Waals surface area contributed by atoms with Gasteiger partial charge in [-0.2, -0.15) is 5.10 Å². The molecule has 128 valence electrons. The molecule has 2 aromatic rings. The van der Waals surface area contributed by atoms with Crippen molar-refractivity contribution in [3.63, 3.8) is 0 Å². The number of nitrogens with zero attached hydrogens (tertiary/aromatic N) is 3. The van der Waals surface area contributed by atoms with Gasteiger partial charge in [0.2, 0.25) is 5.91 Å². The van der Waals surface area contributed by atoms with Crippen LogP contribution in [0.1, 0.15) is 17.7 Å². The number of likely N-dealkylation sites (tertiary alicyclic amines) is 1. The Hall–Kier alpha value is -2.18. The lowest BCUT2D eigenvalue weighted by Crippen LogP contribution is -2.32. The van der Waals surface area contributed by atoms with Crippen molar-refractivity contribution < 1.29 is 9.90 Å². The third-order valence-corrected chi connectivity index (χ3v) is 4.37. The van der Waals surface area contributed by atoms with E-state index in [1.54, 1.807) is 4.68 Å². The molecular weight excluding hydrogens is 304 g/mol. The molecule has 0 spiro atoms. The van der Waals surface area contributed by atoms with Crippen LogP contribution in [0.5, 0.6) is 0 Å². The predicted octanol–water partition coefficient (Wildman–Crippen LogP) is 1.74. The Kier molecular flexibility index (Phi) is 4.97. The molecule has 1 aliphatic heterocycles. The van der Waals surface area contributed by atoms with Crippen molar-refractivity contribution in [2.75, 3.05) is 31.6 Å². The minimum absolute atomic E-state index is 0.0538. The molecule has 6 heteroatoms. The first-order valence-corrected chi connectivity index (χ1v) is 8.32. The first-order chi connectivity index (χ1) is 11.5. The Balaban J connectivity index is 1.69. The molecule has 2 N–H and O–H groups in total. The van der Waals surface area contributed by atoms with Crippen LogP contribution in [0.3, 0.4) is 0 Å². The van der Waals surface area contributed by atoms with Crippen LogP contribution < -0.4 is 5.32 Å². The molecule has 0 bridgehead atoms. The minimum Gasteiger partial charge on any atom is -0.396 e. The lowest BCUT2D eigenvalue weighted by atomic mass is 10.1. The predicted molar refractivity (Wildman–Crippen MR) is 93.3 cm³/mol. The van der Waals surface area contributed by atoms with Crippen LogP contribution in [0.2, 0.25) is 0 Å². The van der Waals surface area contributed by atoms with Crippen molar-refractivity contribution in [2.45, 2.75) is 20.3 Å². The van der Waals surface area contributed by atoms with Crippen molar-refractivity contribution in [3.8, 4) is 5.69 Å². The highest BCUT2D eigenvalue weighted by Crippen LogP contribution is 2.19. The van der Waals surface area contributed by atoms with Gasteiger partial charge in [0.25, 0.3) is 0 Å².